The second-order valence-corrected chi connectivity index (χ2v) is 5.81. The monoisotopic (exact) mass is 228 g/mol. The van der Waals surface area contributed by atoms with Crippen molar-refractivity contribution in [2.45, 2.75) is 49.4 Å². The van der Waals surface area contributed by atoms with Gasteiger partial charge in [-0.1, -0.05) is 0 Å². The number of carbonyl (C=O) groups excluding carboxylic acids is 1. The molecular weight excluding hydrogens is 208 g/mol. The van der Waals surface area contributed by atoms with Gasteiger partial charge in [-0.05, 0) is 31.9 Å². The molecule has 1 saturated heterocycles. The minimum absolute atomic E-state index is 0.0794. The van der Waals surface area contributed by atoms with Crippen LogP contribution in [0.5, 0.6) is 0 Å². The van der Waals surface area contributed by atoms with Gasteiger partial charge in [0.15, 0.2) is 0 Å². The lowest BCUT2D eigenvalue weighted by molar-refractivity contribution is -0.130. The van der Waals surface area contributed by atoms with Gasteiger partial charge in [-0.3, -0.25) is 4.79 Å². The maximum Gasteiger partial charge on any atom is 0.224 e. The first kappa shape index (κ1) is 11.3. The van der Waals surface area contributed by atoms with Gasteiger partial charge in [-0.25, -0.2) is 0 Å². The van der Waals surface area contributed by atoms with Crippen LogP contribution in [0.3, 0.4) is 0 Å². The van der Waals surface area contributed by atoms with E-state index in [1.165, 1.54) is 25.7 Å². The van der Waals surface area contributed by atoms with E-state index in [2.05, 4.69) is 6.26 Å². The molecule has 0 bridgehead atoms. The summed E-state index contributed by atoms with van der Waals surface area (Å²) < 4.78 is 0. The molecule has 2 N–H and O–H groups in total. The summed E-state index contributed by atoms with van der Waals surface area (Å²) in [4.78, 5) is 13.7. The summed E-state index contributed by atoms with van der Waals surface area (Å²) in [7, 11) is 0. The summed E-state index contributed by atoms with van der Waals surface area (Å²) in [5, 5.41) is 0.813. The maximum atomic E-state index is 11.7. The fraction of sp³-hybridized carbons (Fsp3) is 0.909. The molecule has 0 radical (unpaired) electrons. The zero-order valence-corrected chi connectivity index (χ0v) is 10.1. The van der Waals surface area contributed by atoms with Crippen LogP contribution in [0.2, 0.25) is 0 Å². The standard InChI is InChI=1S/C11H20N2OS/c1-15-10-4-2-9(3-5-10)13-7-8(12)6-11(13)14/h8-10H,2-7,12H2,1H3. The van der Waals surface area contributed by atoms with Crippen molar-refractivity contribution in [2.24, 2.45) is 5.73 Å². The Hall–Kier alpha value is -0.220. The van der Waals surface area contributed by atoms with Crippen molar-refractivity contribution in [3.63, 3.8) is 0 Å². The highest BCUT2D eigenvalue weighted by atomic mass is 32.2. The molecule has 2 aliphatic rings. The number of thioether (sulfide) groups is 1. The molecule has 0 aromatic heterocycles. The Morgan fingerprint density at radius 3 is 2.47 bits per heavy atom. The third-order valence-corrected chi connectivity index (χ3v) is 4.74. The van der Waals surface area contributed by atoms with Crippen LogP contribution >= 0.6 is 11.8 Å². The van der Waals surface area contributed by atoms with Crippen LogP contribution in [-0.4, -0.2) is 40.9 Å². The molecule has 1 aliphatic carbocycles. The summed E-state index contributed by atoms with van der Waals surface area (Å²) in [6.45, 7) is 0.785. The van der Waals surface area contributed by atoms with Crippen molar-refractivity contribution in [1.29, 1.82) is 0 Å². The first-order valence-electron chi connectivity index (χ1n) is 5.78. The van der Waals surface area contributed by atoms with Gasteiger partial charge >= 0.3 is 0 Å². The zero-order chi connectivity index (χ0) is 10.8. The molecule has 2 fully saturated rings. The van der Waals surface area contributed by atoms with Crippen LogP contribution < -0.4 is 5.73 Å². The molecule has 86 valence electrons. The van der Waals surface area contributed by atoms with Gasteiger partial charge in [0.05, 0.1) is 0 Å². The second kappa shape index (κ2) is 4.74. The topological polar surface area (TPSA) is 46.3 Å². The van der Waals surface area contributed by atoms with Crippen molar-refractivity contribution in [3.05, 3.63) is 0 Å². The number of rotatable bonds is 2. The van der Waals surface area contributed by atoms with Crippen LogP contribution in [0.4, 0.5) is 0 Å². The van der Waals surface area contributed by atoms with Gasteiger partial charge < -0.3 is 10.6 Å². The fourth-order valence-corrected chi connectivity index (χ4v) is 3.45. The first-order chi connectivity index (χ1) is 7.20. The zero-order valence-electron chi connectivity index (χ0n) is 9.32. The Bertz CT molecular complexity index is 239. The highest BCUT2D eigenvalue weighted by Gasteiger charge is 2.34. The van der Waals surface area contributed by atoms with Crippen LogP contribution in [0.1, 0.15) is 32.1 Å². The molecule has 2 rings (SSSR count). The van der Waals surface area contributed by atoms with Crippen LogP contribution in [0.25, 0.3) is 0 Å². The number of amides is 1. The van der Waals surface area contributed by atoms with Crippen LogP contribution in [-0.2, 0) is 4.79 Å². The van der Waals surface area contributed by atoms with Gasteiger partial charge in [0.2, 0.25) is 5.91 Å². The molecule has 0 spiro atoms. The minimum atomic E-state index is 0.0794. The van der Waals surface area contributed by atoms with Gasteiger partial charge in [0.25, 0.3) is 0 Å². The quantitative estimate of drug-likeness (QED) is 0.773. The maximum absolute atomic E-state index is 11.7. The molecule has 1 heterocycles. The highest BCUT2D eigenvalue weighted by Crippen LogP contribution is 2.31. The molecule has 1 atom stereocenters. The smallest absolute Gasteiger partial charge is 0.224 e. The Labute approximate surface area is 95.8 Å². The molecule has 1 amide bonds. The summed E-state index contributed by atoms with van der Waals surface area (Å²) in [5.74, 6) is 0.273. The van der Waals surface area contributed by atoms with E-state index in [4.69, 9.17) is 5.73 Å². The molecule has 3 nitrogen and oxygen atoms in total. The predicted octanol–water partition coefficient (Wildman–Crippen LogP) is 1.22. The molecule has 1 saturated carbocycles. The van der Waals surface area contributed by atoms with Crippen molar-refractivity contribution >= 4 is 17.7 Å². The summed E-state index contributed by atoms with van der Waals surface area (Å²) in [6.07, 6.45) is 7.59. The number of nitrogens with two attached hydrogens (primary N) is 1. The Morgan fingerprint density at radius 1 is 1.33 bits per heavy atom. The van der Waals surface area contributed by atoms with Gasteiger partial charge in [0, 0.05) is 30.3 Å². The SMILES string of the molecule is CSC1CCC(N2CC(N)CC2=O)CC1. The molecule has 1 unspecified atom stereocenters. The highest BCUT2D eigenvalue weighted by molar-refractivity contribution is 7.99. The van der Waals surface area contributed by atoms with E-state index < -0.39 is 0 Å². The number of hydrogen-bond donors (Lipinski definition) is 1. The summed E-state index contributed by atoms with van der Waals surface area (Å²) >= 11 is 1.96. The van der Waals surface area contributed by atoms with Crippen LogP contribution in [0, 0.1) is 0 Å². The number of hydrogen-bond acceptors (Lipinski definition) is 3. The molecule has 0 aromatic rings. The normalized spacial score (nSPS) is 37.3. The largest absolute Gasteiger partial charge is 0.338 e. The van der Waals surface area contributed by atoms with Crippen molar-refractivity contribution in [3.8, 4) is 0 Å². The average Bonchev–Trinajstić information content (AvgIpc) is 2.58. The Morgan fingerprint density at radius 2 is 2.00 bits per heavy atom. The van der Waals surface area contributed by atoms with Crippen molar-refractivity contribution in [2.75, 3.05) is 12.8 Å². The third-order valence-electron chi connectivity index (χ3n) is 3.61. The predicted molar refractivity (Wildman–Crippen MR) is 63.9 cm³/mol. The molecule has 15 heavy (non-hydrogen) atoms. The van der Waals surface area contributed by atoms with E-state index in [0.717, 1.165) is 11.8 Å². The summed E-state index contributed by atoms with van der Waals surface area (Å²) in [6, 6.07) is 0.560. The molecule has 0 aromatic carbocycles. The van der Waals surface area contributed by atoms with E-state index in [0.29, 0.717) is 12.5 Å². The number of likely N-dealkylation sites (tertiary alicyclic amines) is 1. The Kier molecular flexibility index (Phi) is 3.57. The van der Waals surface area contributed by atoms with Crippen LogP contribution in [0.15, 0.2) is 0 Å². The fourth-order valence-electron chi connectivity index (χ4n) is 2.71. The molecule has 4 heteroatoms. The van der Waals surface area contributed by atoms with E-state index in [1.807, 2.05) is 16.7 Å². The summed E-state index contributed by atoms with van der Waals surface area (Å²) in [5.41, 5.74) is 5.81. The van der Waals surface area contributed by atoms with Gasteiger partial charge in [-0.2, -0.15) is 11.8 Å². The first-order valence-corrected chi connectivity index (χ1v) is 7.07. The van der Waals surface area contributed by atoms with E-state index >= 15 is 0 Å². The van der Waals surface area contributed by atoms with E-state index in [1.54, 1.807) is 0 Å². The Balaban J connectivity index is 1.88. The second-order valence-electron chi connectivity index (χ2n) is 4.68. The minimum Gasteiger partial charge on any atom is -0.338 e. The lowest BCUT2D eigenvalue weighted by Gasteiger charge is -2.34. The average molecular weight is 228 g/mol. The molecule has 1 aliphatic heterocycles. The van der Waals surface area contributed by atoms with Crippen molar-refractivity contribution < 1.29 is 4.79 Å². The van der Waals surface area contributed by atoms with E-state index in [-0.39, 0.29) is 11.9 Å². The van der Waals surface area contributed by atoms with Crippen molar-refractivity contribution in [1.82, 2.24) is 4.90 Å². The lowest BCUT2D eigenvalue weighted by Crippen LogP contribution is -2.40. The number of nitrogens with zero attached hydrogens (tertiary/aromatic N) is 1. The van der Waals surface area contributed by atoms with Gasteiger partial charge in [0.1, 0.15) is 0 Å². The van der Waals surface area contributed by atoms with E-state index in [9.17, 15) is 4.79 Å². The number of carbonyl (C=O) groups is 1. The van der Waals surface area contributed by atoms with Gasteiger partial charge in [-0.15, -0.1) is 0 Å². The third kappa shape index (κ3) is 2.48. The molecular formula is C11H20N2OS. The lowest BCUT2D eigenvalue weighted by atomic mass is 9.94.